The number of rotatable bonds is 4. The van der Waals surface area contributed by atoms with Crippen molar-refractivity contribution >= 4 is 29.1 Å². The number of carbonyl (C=O) groups excluding carboxylic acids is 1. The summed E-state index contributed by atoms with van der Waals surface area (Å²) < 4.78 is 5.55. The fraction of sp³-hybridized carbons (Fsp3) is 0.312. The van der Waals surface area contributed by atoms with E-state index < -0.39 is 0 Å². The van der Waals surface area contributed by atoms with Crippen molar-refractivity contribution in [3.8, 4) is 5.75 Å². The number of halogens is 1. The second-order valence-electron chi connectivity index (χ2n) is 5.05. The molecule has 1 aliphatic heterocycles. The third-order valence-corrected chi connectivity index (χ3v) is 3.52. The summed E-state index contributed by atoms with van der Waals surface area (Å²) in [6, 6.07) is 14.2. The quantitative estimate of drug-likeness (QED) is 0.910. The standard InChI is InChI=1S/C16H18N2O2.ClH/c19-16(18-14-7-8-17-10-14)11-20-15-6-5-12-3-1-2-4-13(12)9-15;/h1-6,9,14,17H,7-8,10-11H2,(H,18,19);1H. The molecule has 2 aromatic rings. The SMILES string of the molecule is Cl.O=C(COc1ccc2ccccc2c1)NC1CCNC1. The van der Waals surface area contributed by atoms with Gasteiger partial charge in [0, 0.05) is 12.6 Å². The van der Waals surface area contributed by atoms with E-state index in [4.69, 9.17) is 4.74 Å². The molecule has 112 valence electrons. The first-order valence-corrected chi connectivity index (χ1v) is 6.93. The van der Waals surface area contributed by atoms with Crippen molar-refractivity contribution in [2.24, 2.45) is 0 Å². The molecule has 1 unspecified atom stereocenters. The first-order chi connectivity index (χ1) is 9.81. The van der Waals surface area contributed by atoms with E-state index >= 15 is 0 Å². The van der Waals surface area contributed by atoms with Crippen molar-refractivity contribution in [2.45, 2.75) is 12.5 Å². The van der Waals surface area contributed by atoms with Gasteiger partial charge in [-0.1, -0.05) is 30.3 Å². The number of carbonyl (C=O) groups is 1. The van der Waals surface area contributed by atoms with E-state index in [1.54, 1.807) is 0 Å². The minimum atomic E-state index is -0.0631. The summed E-state index contributed by atoms with van der Waals surface area (Å²) in [6.45, 7) is 1.88. The first kappa shape index (κ1) is 15.6. The minimum absolute atomic E-state index is 0. The summed E-state index contributed by atoms with van der Waals surface area (Å²) in [4.78, 5) is 11.8. The van der Waals surface area contributed by atoms with Gasteiger partial charge in [-0.05, 0) is 35.9 Å². The number of benzene rings is 2. The number of fused-ring (bicyclic) bond motifs is 1. The Hall–Kier alpha value is -1.78. The first-order valence-electron chi connectivity index (χ1n) is 6.93. The molecule has 0 aromatic heterocycles. The lowest BCUT2D eigenvalue weighted by atomic mass is 10.1. The van der Waals surface area contributed by atoms with Gasteiger partial charge in [0.25, 0.3) is 5.91 Å². The van der Waals surface area contributed by atoms with Crippen molar-refractivity contribution in [3.63, 3.8) is 0 Å². The molecule has 1 saturated heterocycles. The van der Waals surface area contributed by atoms with E-state index in [-0.39, 0.29) is 31.0 Å². The van der Waals surface area contributed by atoms with Crippen LogP contribution in [0.25, 0.3) is 10.8 Å². The Balaban J connectivity index is 0.00000161. The van der Waals surface area contributed by atoms with Crippen LogP contribution in [0.5, 0.6) is 5.75 Å². The molecule has 1 aliphatic rings. The molecule has 1 atom stereocenters. The fourth-order valence-corrected chi connectivity index (χ4v) is 2.45. The van der Waals surface area contributed by atoms with Crippen LogP contribution in [0.2, 0.25) is 0 Å². The number of ether oxygens (including phenoxy) is 1. The highest BCUT2D eigenvalue weighted by Crippen LogP contribution is 2.20. The Morgan fingerprint density at radius 3 is 2.81 bits per heavy atom. The molecule has 2 N–H and O–H groups in total. The molecule has 0 spiro atoms. The maximum absolute atomic E-state index is 11.8. The summed E-state index contributed by atoms with van der Waals surface area (Å²) in [5.74, 6) is 0.662. The third kappa shape index (κ3) is 4.09. The maximum atomic E-state index is 11.8. The zero-order chi connectivity index (χ0) is 13.8. The maximum Gasteiger partial charge on any atom is 0.258 e. The van der Waals surface area contributed by atoms with Crippen LogP contribution in [-0.4, -0.2) is 31.6 Å². The molecule has 21 heavy (non-hydrogen) atoms. The molecule has 1 amide bonds. The van der Waals surface area contributed by atoms with Crippen LogP contribution >= 0.6 is 12.4 Å². The zero-order valence-electron chi connectivity index (χ0n) is 11.7. The average molecular weight is 307 g/mol. The van der Waals surface area contributed by atoms with Crippen molar-refractivity contribution in [3.05, 3.63) is 42.5 Å². The Bertz CT molecular complexity index is 612. The fourth-order valence-electron chi connectivity index (χ4n) is 2.45. The van der Waals surface area contributed by atoms with Gasteiger partial charge in [0.2, 0.25) is 0 Å². The van der Waals surface area contributed by atoms with Crippen LogP contribution < -0.4 is 15.4 Å². The van der Waals surface area contributed by atoms with E-state index in [0.29, 0.717) is 0 Å². The molecular formula is C16H19ClN2O2. The van der Waals surface area contributed by atoms with Gasteiger partial charge in [0.15, 0.2) is 6.61 Å². The highest BCUT2D eigenvalue weighted by molar-refractivity contribution is 5.85. The lowest BCUT2D eigenvalue weighted by molar-refractivity contribution is -0.123. The normalized spacial score (nSPS) is 17.2. The predicted octanol–water partition coefficient (Wildman–Crippen LogP) is 2.12. The number of hydrogen-bond donors (Lipinski definition) is 2. The monoisotopic (exact) mass is 306 g/mol. The van der Waals surface area contributed by atoms with Gasteiger partial charge in [0.05, 0.1) is 0 Å². The van der Waals surface area contributed by atoms with Gasteiger partial charge >= 0.3 is 0 Å². The topological polar surface area (TPSA) is 50.4 Å². The summed E-state index contributed by atoms with van der Waals surface area (Å²) in [5.41, 5.74) is 0. The third-order valence-electron chi connectivity index (χ3n) is 3.52. The lowest BCUT2D eigenvalue weighted by Crippen LogP contribution is -2.39. The molecule has 0 saturated carbocycles. The molecule has 0 bridgehead atoms. The van der Waals surface area contributed by atoms with Crippen molar-refractivity contribution in [1.29, 1.82) is 0 Å². The Labute approximate surface area is 130 Å². The zero-order valence-corrected chi connectivity index (χ0v) is 12.5. The summed E-state index contributed by atoms with van der Waals surface area (Å²) >= 11 is 0. The molecule has 3 rings (SSSR count). The van der Waals surface area contributed by atoms with Crippen LogP contribution in [0, 0.1) is 0 Å². The smallest absolute Gasteiger partial charge is 0.258 e. The summed E-state index contributed by atoms with van der Waals surface area (Å²) in [5, 5.41) is 8.46. The second kappa shape index (κ2) is 7.29. The van der Waals surface area contributed by atoms with E-state index in [2.05, 4.69) is 16.7 Å². The number of nitrogens with one attached hydrogen (secondary N) is 2. The molecule has 4 nitrogen and oxygen atoms in total. The molecule has 1 fully saturated rings. The van der Waals surface area contributed by atoms with Crippen LogP contribution in [0.4, 0.5) is 0 Å². The van der Waals surface area contributed by atoms with Crippen LogP contribution in [0.3, 0.4) is 0 Å². The van der Waals surface area contributed by atoms with E-state index in [1.807, 2.05) is 36.4 Å². The Morgan fingerprint density at radius 2 is 2.05 bits per heavy atom. The molecule has 0 radical (unpaired) electrons. The largest absolute Gasteiger partial charge is 0.484 e. The number of amides is 1. The Kier molecular flexibility index (Phi) is 5.42. The highest BCUT2D eigenvalue weighted by atomic mass is 35.5. The lowest BCUT2D eigenvalue weighted by Gasteiger charge is -2.12. The van der Waals surface area contributed by atoms with E-state index in [1.165, 1.54) is 5.39 Å². The predicted molar refractivity (Wildman–Crippen MR) is 86.1 cm³/mol. The van der Waals surface area contributed by atoms with Gasteiger partial charge in [-0.15, -0.1) is 12.4 Å². The Morgan fingerprint density at radius 1 is 1.24 bits per heavy atom. The van der Waals surface area contributed by atoms with Gasteiger partial charge < -0.3 is 15.4 Å². The molecular weight excluding hydrogens is 288 g/mol. The molecule has 1 heterocycles. The summed E-state index contributed by atoms with van der Waals surface area (Å²) in [7, 11) is 0. The van der Waals surface area contributed by atoms with E-state index in [0.717, 1.165) is 30.6 Å². The van der Waals surface area contributed by atoms with E-state index in [9.17, 15) is 4.79 Å². The minimum Gasteiger partial charge on any atom is -0.484 e. The molecule has 2 aromatic carbocycles. The average Bonchev–Trinajstić information content (AvgIpc) is 2.98. The van der Waals surface area contributed by atoms with Gasteiger partial charge in [-0.3, -0.25) is 4.79 Å². The van der Waals surface area contributed by atoms with Crippen molar-refractivity contribution in [2.75, 3.05) is 19.7 Å². The van der Waals surface area contributed by atoms with Gasteiger partial charge in [0.1, 0.15) is 5.75 Å². The molecule has 5 heteroatoms. The van der Waals surface area contributed by atoms with Gasteiger partial charge in [-0.2, -0.15) is 0 Å². The second-order valence-corrected chi connectivity index (χ2v) is 5.05. The van der Waals surface area contributed by atoms with Crippen molar-refractivity contribution < 1.29 is 9.53 Å². The van der Waals surface area contributed by atoms with Crippen LogP contribution in [0.15, 0.2) is 42.5 Å². The van der Waals surface area contributed by atoms with Crippen LogP contribution in [0.1, 0.15) is 6.42 Å². The molecule has 0 aliphatic carbocycles. The van der Waals surface area contributed by atoms with Gasteiger partial charge in [-0.25, -0.2) is 0 Å². The van der Waals surface area contributed by atoms with Crippen LogP contribution in [-0.2, 0) is 4.79 Å². The highest BCUT2D eigenvalue weighted by Gasteiger charge is 2.16. The number of hydrogen-bond acceptors (Lipinski definition) is 3. The summed E-state index contributed by atoms with van der Waals surface area (Å²) in [6.07, 6.45) is 0.988. The van der Waals surface area contributed by atoms with Crippen molar-refractivity contribution in [1.82, 2.24) is 10.6 Å².